The number of hydrogen-bond donors (Lipinski definition) is 3. The van der Waals surface area contributed by atoms with E-state index >= 15 is 0 Å². The molecule has 216 valence electrons. The molecule has 2 heterocycles. The van der Waals surface area contributed by atoms with Crippen LogP contribution in [-0.4, -0.2) is 58.1 Å². The number of H-pyrrole nitrogens is 1. The molecular formula is C32H44N4O4. The summed E-state index contributed by atoms with van der Waals surface area (Å²) in [5, 5.41) is 6.87. The van der Waals surface area contributed by atoms with Crippen molar-refractivity contribution >= 4 is 34.4 Å². The Morgan fingerprint density at radius 3 is 2.42 bits per heavy atom. The van der Waals surface area contributed by atoms with Crippen LogP contribution in [0.25, 0.3) is 10.9 Å². The van der Waals surface area contributed by atoms with Crippen molar-refractivity contribution in [2.24, 2.45) is 28.6 Å². The molecule has 8 nitrogen and oxygen atoms in total. The van der Waals surface area contributed by atoms with Gasteiger partial charge in [0.05, 0.1) is 6.04 Å². The number of piperidine rings is 1. The summed E-state index contributed by atoms with van der Waals surface area (Å²) >= 11 is 0. The second-order valence-corrected chi connectivity index (χ2v) is 13.7. The number of aromatic nitrogens is 1. The number of nitrogens with zero attached hydrogens (tertiary/aromatic N) is 1. The third-order valence-corrected chi connectivity index (χ3v) is 8.84. The van der Waals surface area contributed by atoms with Crippen LogP contribution in [0.3, 0.4) is 0 Å². The third-order valence-electron chi connectivity index (χ3n) is 8.84. The van der Waals surface area contributed by atoms with Gasteiger partial charge in [0.2, 0.25) is 11.8 Å². The fraction of sp³-hybridized carbons (Fsp3) is 0.562. The molecule has 3 N–H and O–H groups in total. The van der Waals surface area contributed by atoms with Crippen molar-refractivity contribution in [1.82, 2.24) is 20.5 Å². The summed E-state index contributed by atoms with van der Waals surface area (Å²) in [4.78, 5) is 58.7. The van der Waals surface area contributed by atoms with Crippen molar-refractivity contribution in [2.75, 3.05) is 6.54 Å². The lowest BCUT2D eigenvalue weighted by molar-refractivity contribution is -0.143. The van der Waals surface area contributed by atoms with Crippen LogP contribution in [0.5, 0.6) is 0 Å². The maximum absolute atomic E-state index is 14.1. The summed E-state index contributed by atoms with van der Waals surface area (Å²) in [6.07, 6.45) is 1.67. The Kier molecular flexibility index (Phi) is 7.78. The Balaban J connectivity index is 1.59. The zero-order valence-electron chi connectivity index (χ0n) is 25.1. The Labute approximate surface area is 237 Å². The summed E-state index contributed by atoms with van der Waals surface area (Å²) in [7, 11) is 0. The summed E-state index contributed by atoms with van der Waals surface area (Å²) in [5.74, 6) is -0.908. The zero-order chi connectivity index (χ0) is 29.7. The number of ketones is 1. The fourth-order valence-electron chi connectivity index (χ4n) is 6.43. The van der Waals surface area contributed by atoms with E-state index in [2.05, 4.69) is 36.0 Å². The maximum atomic E-state index is 14.1. The molecule has 40 heavy (non-hydrogen) atoms. The largest absolute Gasteiger partial charge is 0.351 e. The Morgan fingerprint density at radius 1 is 1.18 bits per heavy atom. The smallest absolute Gasteiger partial charge is 0.268 e. The molecule has 2 aromatic rings. The number of benzene rings is 1. The molecule has 1 aromatic carbocycles. The van der Waals surface area contributed by atoms with Gasteiger partial charge < -0.3 is 20.5 Å². The molecule has 3 amide bonds. The van der Waals surface area contributed by atoms with Gasteiger partial charge in [0, 0.05) is 17.4 Å². The second-order valence-electron chi connectivity index (χ2n) is 13.7. The molecule has 1 saturated carbocycles. The average molecular weight is 549 g/mol. The van der Waals surface area contributed by atoms with Crippen LogP contribution in [-0.2, 0) is 14.4 Å². The fourth-order valence-corrected chi connectivity index (χ4v) is 6.43. The van der Waals surface area contributed by atoms with Gasteiger partial charge in [0.1, 0.15) is 17.8 Å². The van der Waals surface area contributed by atoms with E-state index in [1.807, 2.05) is 65.8 Å². The first-order valence-corrected chi connectivity index (χ1v) is 14.2. The molecule has 1 aliphatic heterocycles. The number of fused-ring (bicyclic) bond motifs is 2. The average Bonchev–Trinajstić information content (AvgIpc) is 3.24. The van der Waals surface area contributed by atoms with Gasteiger partial charge in [-0.05, 0) is 65.7 Å². The first-order valence-electron chi connectivity index (χ1n) is 14.2. The standard InChI is InChI=1S/C32H44N4O4/c1-10-24(37)27(31(5,6)7)35-29(39)26-25-20(32(25,8)9)16-36(26)30(40)23(14-17(2)3)34-28(38)22-15-19-18(4)12-11-13-21(19)33-22/h10-13,15,17,20,23,25-27,33H,1,14,16H2,2-9H3,(H,34,38)(H,35,39)/t20-,23-,25-,26-,27?/m0/s1. The molecule has 5 atom stereocenters. The van der Waals surface area contributed by atoms with Crippen LogP contribution in [0.15, 0.2) is 36.9 Å². The van der Waals surface area contributed by atoms with Crippen molar-refractivity contribution in [3.8, 4) is 0 Å². The van der Waals surface area contributed by atoms with Gasteiger partial charge in [-0.1, -0.05) is 67.2 Å². The van der Waals surface area contributed by atoms with Gasteiger partial charge in [-0.25, -0.2) is 0 Å². The number of nitrogens with one attached hydrogen (secondary N) is 3. The quantitative estimate of drug-likeness (QED) is 0.404. The first kappa shape index (κ1) is 29.6. The number of hydrogen-bond acceptors (Lipinski definition) is 4. The number of rotatable bonds is 9. The number of carbonyl (C=O) groups is 4. The van der Waals surface area contributed by atoms with Gasteiger partial charge in [-0.15, -0.1) is 0 Å². The highest BCUT2D eigenvalue weighted by molar-refractivity contribution is 6.02. The van der Waals surface area contributed by atoms with E-state index in [0.717, 1.165) is 16.5 Å². The van der Waals surface area contributed by atoms with Gasteiger partial charge in [-0.3, -0.25) is 19.2 Å². The molecule has 1 aliphatic carbocycles. The van der Waals surface area contributed by atoms with E-state index in [4.69, 9.17) is 0 Å². The zero-order valence-corrected chi connectivity index (χ0v) is 25.1. The predicted octanol–water partition coefficient (Wildman–Crippen LogP) is 4.39. The van der Waals surface area contributed by atoms with Crippen LogP contribution in [0.1, 0.15) is 70.9 Å². The monoisotopic (exact) mass is 548 g/mol. The molecule has 1 unspecified atom stereocenters. The van der Waals surface area contributed by atoms with Crippen molar-refractivity contribution in [3.05, 3.63) is 48.2 Å². The van der Waals surface area contributed by atoms with Gasteiger partial charge in [-0.2, -0.15) is 0 Å². The molecular weight excluding hydrogens is 504 g/mol. The molecule has 8 heteroatoms. The van der Waals surface area contributed by atoms with Gasteiger partial charge in [0.15, 0.2) is 5.78 Å². The molecule has 0 bridgehead atoms. The Hall–Kier alpha value is -3.42. The van der Waals surface area contributed by atoms with Gasteiger partial charge >= 0.3 is 0 Å². The van der Waals surface area contributed by atoms with E-state index in [1.54, 1.807) is 4.90 Å². The van der Waals surface area contributed by atoms with E-state index < -0.39 is 23.5 Å². The highest BCUT2D eigenvalue weighted by Crippen LogP contribution is 2.65. The molecule has 4 rings (SSSR count). The maximum Gasteiger partial charge on any atom is 0.268 e. The van der Waals surface area contributed by atoms with E-state index in [0.29, 0.717) is 18.7 Å². The van der Waals surface area contributed by atoms with Crippen LogP contribution >= 0.6 is 0 Å². The SMILES string of the molecule is C=CC(=O)C(NC(=O)[C@@H]1[C@@H]2[C@H](CN1C(=O)[C@H](CC(C)C)NC(=O)c1cc3c(C)cccc3[nH]1)C2(C)C)C(C)(C)C. The number of aromatic amines is 1. The highest BCUT2D eigenvalue weighted by Gasteiger charge is 2.69. The lowest BCUT2D eigenvalue weighted by atomic mass is 9.83. The number of carbonyl (C=O) groups excluding carboxylic acids is 4. The van der Waals surface area contributed by atoms with E-state index in [1.165, 1.54) is 6.08 Å². The lowest BCUT2D eigenvalue weighted by Crippen LogP contribution is -2.59. The number of aryl methyl sites for hydroxylation is 1. The van der Waals surface area contributed by atoms with Crippen LogP contribution in [0, 0.1) is 35.5 Å². The van der Waals surface area contributed by atoms with Crippen molar-refractivity contribution < 1.29 is 19.2 Å². The number of amides is 3. The second kappa shape index (κ2) is 10.5. The third kappa shape index (κ3) is 5.45. The summed E-state index contributed by atoms with van der Waals surface area (Å²) in [6.45, 7) is 19.9. The van der Waals surface area contributed by atoms with Crippen molar-refractivity contribution in [3.63, 3.8) is 0 Å². The molecule has 1 aromatic heterocycles. The van der Waals surface area contributed by atoms with E-state index in [-0.39, 0.29) is 46.7 Å². The molecule has 0 radical (unpaired) electrons. The van der Waals surface area contributed by atoms with E-state index in [9.17, 15) is 19.2 Å². The Morgan fingerprint density at radius 2 is 1.85 bits per heavy atom. The van der Waals surface area contributed by atoms with Crippen molar-refractivity contribution in [1.29, 1.82) is 0 Å². The predicted molar refractivity (Wildman–Crippen MR) is 157 cm³/mol. The van der Waals surface area contributed by atoms with Crippen LogP contribution in [0.4, 0.5) is 0 Å². The normalized spacial score (nSPS) is 22.9. The van der Waals surface area contributed by atoms with Crippen molar-refractivity contribution in [2.45, 2.75) is 79.9 Å². The molecule has 0 spiro atoms. The molecule has 2 fully saturated rings. The summed E-state index contributed by atoms with van der Waals surface area (Å²) in [5.41, 5.74) is 1.69. The first-order chi connectivity index (χ1) is 18.6. The summed E-state index contributed by atoms with van der Waals surface area (Å²) in [6, 6.07) is 5.39. The molecule has 1 saturated heterocycles. The lowest BCUT2D eigenvalue weighted by Gasteiger charge is -2.36. The van der Waals surface area contributed by atoms with Gasteiger partial charge in [0.25, 0.3) is 5.91 Å². The minimum Gasteiger partial charge on any atom is -0.351 e. The Bertz CT molecular complexity index is 1350. The van der Waals surface area contributed by atoms with Crippen LogP contribution in [0.2, 0.25) is 0 Å². The molecule has 2 aliphatic rings. The minimum atomic E-state index is -0.788. The minimum absolute atomic E-state index is 0.0111. The van der Waals surface area contributed by atoms with Crippen LogP contribution < -0.4 is 10.6 Å². The highest BCUT2D eigenvalue weighted by atomic mass is 16.2. The topological polar surface area (TPSA) is 111 Å². The summed E-state index contributed by atoms with van der Waals surface area (Å²) < 4.78 is 0. The number of likely N-dealkylation sites (tertiary alicyclic amines) is 1.